The van der Waals surface area contributed by atoms with Crippen molar-refractivity contribution >= 4 is 41.0 Å². The minimum Gasteiger partial charge on any atom is -0.371 e. The molecule has 1 N–H and O–H groups in total. The fourth-order valence-corrected chi connectivity index (χ4v) is 7.40. The second kappa shape index (κ2) is 14.9. The summed E-state index contributed by atoms with van der Waals surface area (Å²) in [6, 6.07) is 39.9. The fraction of sp³-hybridized carbons (Fsp3) is 0.211. The van der Waals surface area contributed by atoms with Gasteiger partial charge in [0.1, 0.15) is 12.5 Å². The number of nitrogens with zero attached hydrogens (tertiary/aromatic N) is 6. The molecule has 2 aromatic heterocycles. The van der Waals surface area contributed by atoms with Crippen LogP contribution < -0.4 is 5.32 Å². The fourth-order valence-electron chi connectivity index (χ4n) is 6.65. The molecule has 51 heavy (non-hydrogen) atoms. The Morgan fingerprint density at radius 2 is 1.43 bits per heavy atom. The van der Waals surface area contributed by atoms with Gasteiger partial charge in [-0.25, -0.2) is 19.6 Å². The van der Waals surface area contributed by atoms with Crippen LogP contribution in [0.2, 0.25) is 0 Å². The molecule has 3 atom stereocenters. The van der Waals surface area contributed by atoms with E-state index in [1.807, 2.05) is 65.2 Å². The molecular formula is C38H37ClN7O4P. The molecule has 3 unspecified atom stereocenters. The van der Waals surface area contributed by atoms with E-state index in [1.165, 1.54) is 11.0 Å². The van der Waals surface area contributed by atoms with Crippen molar-refractivity contribution in [3.8, 4) is 0 Å². The van der Waals surface area contributed by atoms with E-state index >= 15 is 0 Å². The molecule has 0 bridgehead atoms. The predicted octanol–water partition coefficient (Wildman–Crippen LogP) is 7.20. The van der Waals surface area contributed by atoms with Crippen LogP contribution in [-0.2, 0) is 19.4 Å². The number of morpholine rings is 1. The Hall–Kier alpha value is -4.74. The maximum absolute atomic E-state index is 13.2. The number of imidazole rings is 1. The Morgan fingerprint density at radius 1 is 0.882 bits per heavy atom. The largest absolute Gasteiger partial charge is 0.371 e. The molecule has 1 fully saturated rings. The summed E-state index contributed by atoms with van der Waals surface area (Å²) >= 11 is 6.30. The number of anilines is 1. The number of fused-ring (bicyclic) bond motifs is 1. The van der Waals surface area contributed by atoms with Crippen LogP contribution >= 0.6 is 18.1 Å². The summed E-state index contributed by atoms with van der Waals surface area (Å²) in [4.78, 5) is 29.3. The Bertz CT molecular complexity index is 2040. The lowest BCUT2D eigenvalue weighted by molar-refractivity contribution is -0.124. The molecule has 3 heterocycles. The molecule has 1 amide bonds. The molecule has 0 radical (unpaired) electrons. The van der Waals surface area contributed by atoms with Gasteiger partial charge in [-0.3, -0.25) is 18.8 Å². The Kier molecular flexibility index (Phi) is 10.1. The lowest BCUT2D eigenvalue weighted by Crippen LogP contribution is -2.58. The average molecular weight is 722 g/mol. The van der Waals surface area contributed by atoms with E-state index in [1.54, 1.807) is 44.7 Å². The summed E-state index contributed by atoms with van der Waals surface area (Å²) in [5, 5.41) is 2.91. The molecule has 260 valence electrons. The number of rotatable bonds is 11. The Balaban J connectivity index is 1.39. The minimum absolute atomic E-state index is 0.000854. The molecule has 1 saturated heterocycles. The number of carbonyl (C=O) groups is 1. The summed E-state index contributed by atoms with van der Waals surface area (Å²) in [6.07, 6.45) is 2.15. The van der Waals surface area contributed by atoms with Crippen LogP contribution in [-0.4, -0.2) is 75.0 Å². The van der Waals surface area contributed by atoms with E-state index in [4.69, 9.17) is 25.5 Å². The van der Waals surface area contributed by atoms with Crippen molar-refractivity contribution in [2.75, 3.05) is 39.2 Å². The van der Waals surface area contributed by atoms with Crippen LogP contribution in [0.15, 0.2) is 134 Å². The van der Waals surface area contributed by atoms with E-state index in [2.05, 4.69) is 56.6 Å². The van der Waals surface area contributed by atoms with Crippen molar-refractivity contribution in [1.29, 1.82) is 0 Å². The summed E-state index contributed by atoms with van der Waals surface area (Å²) in [7, 11) is 3.23. The third kappa shape index (κ3) is 6.84. The molecule has 7 rings (SSSR count). The van der Waals surface area contributed by atoms with Gasteiger partial charge >= 0.3 is 6.87 Å². The highest BCUT2D eigenvalue weighted by atomic mass is 35.7. The van der Waals surface area contributed by atoms with Gasteiger partial charge in [0, 0.05) is 12.1 Å². The van der Waals surface area contributed by atoms with Gasteiger partial charge < -0.3 is 14.6 Å². The Morgan fingerprint density at radius 3 is 1.98 bits per heavy atom. The molecule has 4 aromatic carbocycles. The van der Waals surface area contributed by atoms with Gasteiger partial charge in [-0.2, -0.15) is 0 Å². The highest BCUT2D eigenvalue weighted by Gasteiger charge is 2.49. The van der Waals surface area contributed by atoms with Gasteiger partial charge in [-0.1, -0.05) is 109 Å². The number of halogens is 1. The molecule has 6 aromatic rings. The van der Waals surface area contributed by atoms with Gasteiger partial charge in [0.15, 0.2) is 17.0 Å². The number of aromatic nitrogens is 4. The first-order valence-electron chi connectivity index (χ1n) is 16.5. The van der Waals surface area contributed by atoms with Gasteiger partial charge in [-0.05, 0) is 54.2 Å². The third-order valence-electron chi connectivity index (χ3n) is 9.09. The van der Waals surface area contributed by atoms with Gasteiger partial charge in [0.05, 0.1) is 31.2 Å². The normalized spacial score (nSPS) is 18.0. The van der Waals surface area contributed by atoms with Gasteiger partial charge in [-0.15, -0.1) is 0 Å². The average Bonchev–Trinajstić information content (AvgIpc) is 3.61. The summed E-state index contributed by atoms with van der Waals surface area (Å²) in [5.41, 5.74) is 3.67. The van der Waals surface area contributed by atoms with Crippen LogP contribution in [0.1, 0.15) is 33.2 Å². The quantitative estimate of drug-likeness (QED) is 0.110. The van der Waals surface area contributed by atoms with Crippen LogP contribution in [0.4, 0.5) is 5.82 Å². The minimum atomic E-state index is -3.56. The number of ether oxygens (including phenoxy) is 1. The predicted molar refractivity (Wildman–Crippen MR) is 198 cm³/mol. The number of hydrogen-bond acceptors (Lipinski definition) is 8. The SMILES string of the molecule is CN(C)P(=O)(Cl)OCC1CN(C(c2ccccc2)(c2ccccc2)c2ccccc2)C(n2cnc3c(NC(=O)c4ccccc4)ncnc32)CO1. The number of carbonyl (C=O) groups excluding carboxylic acids is 1. The number of nitrogens with one attached hydrogen (secondary N) is 1. The molecule has 0 aliphatic carbocycles. The smallest absolute Gasteiger partial charge is 0.362 e. The molecule has 1 aliphatic rings. The van der Waals surface area contributed by atoms with Gasteiger partial charge in [0.25, 0.3) is 5.91 Å². The molecule has 0 spiro atoms. The zero-order valence-electron chi connectivity index (χ0n) is 28.1. The topological polar surface area (TPSA) is 115 Å². The zero-order valence-corrected chi connectivity index (χ0v) is 29.8. The highest BCUT2D eigenvalue weighted by Crippen LogP contribution is 2.54. The van der Waals surface area contributed by atoms with Crippen molar-refractivity contribution in [3.63, 3.8) is 0 Å². The van der Waals surface area contributed by atoms with E-state index in [0.717, 1.165) is 16.7 Å². The molecular weight excluding hydrogens is 685 g/mol. The summed E-state index contributed by atoms with van der Waals surface area (Å²) in [6.45, 7) is -3.03. The van der Waals surface area contributed by atoms with Crippen LogP contribution in [0.25, 0.3) is 11.2 Å². The zero-order chi connectivity index (χ0) is 35.4. The number of hydrogen-bond donors (Lipinski definition) is 1. The number of benzene rings is 4. The maximum atomic E-state index is 13.2. The standard InChI is InChI=1S/C38H37ClN7O4P/c1-44(2)51(39,48)50-24-32-23-46(38(29-17-9-4-10-18-29,30-19-11-5-12-20-30)31-21-13-6-14-22-31)33(25-49-32)45-27-42-34-35(40-26-41-36(34)45)43-37(47)28-15-7-3-8-16-28/h3-22,26-27,32-33H,23-25H2,1-2H3,(H,40,41,43,47). The first kappa shape index (κ1) is 34.7. The second-order valence-corrected chi connectivity index (χ2v) is 15.6. The van der Waals surface area contributed by atoms with Crippen molar-refractivity contribution in [2.24, 2.45) is 0 Å². The highest BCUT2D eigenvalue weighted by molar-refractivity contribution is 7.83. The third-order valence-corrected chi connectivity index (χ3v) is 11.7. The second-order valence-electron chi connectivity index (χ2n) is 12.4. The van der Waals surface area contributed by atoms with E-state index < -0.39 is 24.7 Å². The lowest BCUT2D eigenvalue weighted by Gasteiger charge is -2.52. The van der Waals surface area contributed by atoms with Crippen molar-refractivity contribution in [1.82, 2.24) is 29.1 Å². The van der Waals surface area contributed by atoms with Crippen LogP contribution in [0.3, 0.4) is 0 Å². The first-order chi connectivity index (χ1) is 24.8. The van der Waals surface area contributed by atoms with Gasteiger partial charge in [0.2, 0.25) is 0 Å². The van der Waals surface area contributed by atoms with E-state index in [9.17, 15) is 9.36 Å². The monoisotopic (exact) mass is 721 g/mol. The molecule has 13 heteroatoms. The molecule has 11 nitrogen and oxygen atoms in total. The first-order valence-corrected chi connectivity index (χ1v) is 19.0. The van der Waals surface area contributed by atoms with Crippen LogP contribution in [0.5, 0.6) is 0 Å². The van der Waals surface area contributed by atoms with Crippen molar-refractivity contribution < 1.29 is 18.6 Å². The molecule has 1 aliphatic heterocycles. The van der Waals surface area contributed by atoms with E-state index in [0.29, 0.717) is 29.1 Å². The maximum Gasteiger partial charge on any atom is 0.362 e. The van der Waals surface area contributed by atoms with Crippen LogP contribution in [0, 0.1) is 0 Å². The van der Waals surface area contributed by atoms with Crippen molar-refractivity contribution in [2.45, 2.75) is 17.8 Å². The number of amides is 1. The lowest BCUT2D eigenvalue weighted by atomic mass is 9.74. The van der Waals surface area contributed by atoms with E-state index in [-0.39, 0.29) is 19.1 Å². The molecule has 0 saturated carbocycles. The van der Waals surface area contributed by atoms with Crippen molar-refractivity contribution in [3.05, 3.63) is 156 Å². The summed E-state index contributed by atoms with van der Waals surface area (Å²) < 4.78 is 28.7. The Labute approximate surface area is 301 Å². The summed E-state index contributed by atoms with van der Waals surface area (Å²) in [5.74, 6) is -0.00896.